The van der Waals surface area contributed by atoms with Gasteiger partial charge in [-0.05, 0) is 88.1 Å². The molecule has 3 aliphatic heterocycles. The number of benzene rings is 2. The number of rotatable bonds is 8. The summed E-state index contributed by atoms with van der Waals surface area (Å²) in [5.74, 6) is 3.71. The highest BCUT2D eigenvalue weighted by molar-refractivity contribution is 6.90. The molecule has 11 heteroatoms. The summed E-state index contributed by atoms with van der Waals surface area (Å²) in [6.07, 6.45) is 5.27. The average Bonchev–Trinajstić information content (AvgIpc) is 3.67. The molecule has 7 rings (SSSR count). The lowest BCUT2D eigenvalue weighted by Gasteiger charge is -2.42. The van der Waals surface area contributed by atoms with Crippen molar-refractivity contribution in [2.75, 3.05) is 38.2 Å². The molecule has 5 heterocycles. The third kappa shape index (κ3) is 7.47. The lowest BCUT2D eigenvalue weighted by atomic mass is 9.96. The van der Waals surface area contributed by atoms with E-state index in [1.807, 2.05) is 43.9 Å². The standard InChI is InChI=1S/C45H59FN6O3Si/c1-28(2)56(29(3)4,30(5)6)23-21-32-15-11-14-31-16-12-18-36(38(31)32)40-39(46)41-37(24-47-40)42(49-43(48-41)54-27-35-17-13-22-50(35)10)51-25-33-19-20-34(26-51)52(33)44(53)55-45(7,8)9/h11-12,14-16,18,24,28-30,33-35H,13,17,19-20,22,25-27H2,1-10H3. The van der Waals surface area contributed by atoms with Crippen LogP contribution in [0.5, 0.6) is 6.01 Å². The minimum Gasteiger partial charge on any atom is -0.462 e. The van der Waals surface area contributed by atoms with Crippen molar-refractivity contribution >= 4 is 41.7 Å². The van der Waals surface area contributed by atoms with Crippen molar-refractivity contribution in [2.24, 2.45) is 0 Å². The Hall–Kier alpha value is -4.27. The highest BCUT2D eigenvalue weighted by Crippen LogP contribution is 2.42. The van der Waals surface area contributed by atoms with E-state index in [-0.39, 0.29) is 41.4 Å². The number of anilines is 1. The van der Waals surface area contributed by atoms with Gasteiger partial charge >= 0.3 is 12.1 Å². The number of halogens is 1. The van der Waals surface area contributed by atoms with Gasteiger partial charge in [-0.15, -0.1) is 5.54 Å². The molecule has 3 fully saturated rings. The number of carbonyl (C=O) groups excluding carboxylic acids is 1. The van der Waals surface area contributed by atoms with Crippen molar-refractivity contribution in [3.8, 4) is 28.7 Å². The summed E-state index contributed by atoms with van der Waals surface area (Å²) in [7, 11) is 0.0638. The zero-order chi connectivity index (χ0) is 40.1. The van der Waals surface area contributed by atoms with Crippen molar-refractivity contribution in [1.29, 1.82) is 0 Å². The monoisotopic (exact) mass is 778 g/mol. The average molecular weight is 779 g/mol. The summed E-state index contributed by atoms with van der Waals surface area (Å²) in [5.41, 5.74) is 6.70. The Morgan fingerprint density at radius 1 is 0.964 bits per heavy atom. The SMILES string of the molecule is CC(C)[Si](C#Cc1cccc2cccc(-c3ncc4c(N5CC6CCC(C5)N6C(=O)OC(C)(C)C)nc(OCC5CCCN5C)nc4c3F)c12)(C(C)C)C(C)C. The summed E-state index contributed by atoms with van der Waals surface area (Å²) in [6, 6.07) is 12.4. The van der Waals surface area contributed by atoms with Crippen LogP contribution in [0.4, 0.5) is 15.0 Å². The van der Waals surface area contributed by atoms with Crippen LogP contribution in [-0.2, 0) is 4.74 Å². The van der Waals surface area contributed by atoms with Crippen LogP contribution in [0.3, 0.4) is 0 Å². The minimum absolute atomic E-state index is 0.0544. The minimum atomic E-state index is -2.04. The summed E-state index contributed by atoms with van der Waals surface area (Å²) >= 11 is 0. The molecule has 4 aromatic rings. The van der Waals surface area contributed by atoms with Gasteiger partial charge in [0, 0.05) is 41.8 Å². The number of ether oxygens (including phenoxy) is 2. The maximum absolute atomic E-state index is 17.4. The van der Waals surface area contributed by atoms with Crippen molar-refractivity contribution in [3.05, 3.63) is 54.0 Å². The largest absolute Gasteiger partial charge is 0.462 e. The first-order valence-electron chi connectivity index (χ1n) is 20.6. The molecule has 0 spiro atoms. The molecule has 2 aromatic heterocycles. The van der Waals surface area contributed by atoms with Crippen molar-refractivity contribution < 1.29 is 18.7 Å². The first-order chi connectivity index (χ1) is 26.6. The number of amides is 1. The lowest BCUT2D eigenvalue weighted by Crippen LogP contribution is -2.57. The Bertz CT molecular complexity index is 2130. The van der Waals surface area contributed by atoms with Crippen LogP contribution in [0.2, 0.25) is 16.6 Å². The van der Waals surface area contributed by atoms with Crippen molar-refractivity contribution in [1.82, 2.24) is 24.8 Å². The van der Waals surface area contributed by atoms with Gasteiger partial charge in [0.1, 0.15) is 37.3 Å². The number of piperazine rings is 1. The number of carbonyl (C=O) groups is 1. The molecular weight excluding hydrogens is 720 g/mol. The molecule has 2 bridgehead atoms. The van der Waals surface area contributed by atoms with Crippen LogP contribution in [0.15, 0.2) is 42.6 Å². The molecule has 3 unspecified atom stereocenters. The summed E-state index contributed by atoms with van der Waals surface area (Å²) in [6.45, 7) is 22.1. The van der Waals surface area contributed by atoms with E-state index in [2.05, 4.69) is 88.1 Å². The third-order valence-electron chi connectivity index (χ3n) is 12.5. The third-order valence-corrected chi connectivity index (χ3v) is 18.8. The van der Waals surface area contributed by atoms with Gasteiger partial charge in [0.15, 0.2) is 5.82 Å². The number of pyridine rings is 1. The second kappa shape index (κ2) is 15.6. The Labute approximate surface area is 333 Å². The van der Waals surface area contributed by atoms with Gasteiger partial charge in [0.25, 0.3) is 0 Å². The van der Waals surface area contributed by atoms with Crippen LogP contribution in [-0.4, -0.2) is 95.9 Å². The Balaban J connectivity index is 1.33. The van der Waals surface area contributed by atoms with E-state index in [4.69, 9.17) is 24.4 Å². The molecule has 3 saturated heterocycles. The van der Waals surface area contributed by atoms with E-state index in [9.17, 15) is 4.79 Å². The van der Waals surface area contributed by atoms with Crippen LogP contribution in [0, 0.1) is 17.3 Å². The Morgan fingerprint density at radius 2 is 1.62 bits per heavy atom. The van der Waals surface area contributed by atoms with Gasteiger partial charge in [-0.3, -0.25) is 9.88 Å². The van der Waals surface area contributed by atoms with Crippen molar-refractivity contribution in [2.45, 2.75) is 128 Å². The normalized spacial score (nSPS) is 20.4. The van der Waals surface area contributed by atoms with Crippen LogP contribution >= 0.6 is 0 Å². The molecule has 56 heavy (non-hydrogen) atoms. The molecule has 0 saturated carbocycles. The fourth-order valence-electron chi connectivity index (χ4n) is 9.82. The van der Waals surface area contributed by atoms with Gasteiger partial charge in [-0.25, -0.2) is 9.18 Å². The number of hydrogen-bond acceptors (Lipinski definition) is 8. The fourth-order valence-corrected chi connectivity index (χ4v) is 15.0. The zero-order valence-corrected chi connectivity index (χ0v) is 35.9. The fraction of sp³-hybridized carbons (Fsp3) is 0.556. The maximum Gasteiger partial charge on any atom is 0.410 e. The summed E-state index contributed by atoms with van der Waals surface area (Å²) in [5, 5.41) is 2.38. The van der Waals surface area contributed by atoms with E-state index in [1.165, 1.54) is 0 Å². The van der Waals surface area contributed by atoms with Crippen LogP contribution in [0.1, 0.15) is 93.6 Å². The van der Waals surface area contributed by atoms with Gasteiger partial charge in [0.2, 0.25) is 0 Å². The Morgan fingerprint density at radius 3 is 2.23 bits per heavy atom. The molecule has 0 aliphatic carbocycles. The number of fused-ring (bicyclic) bond motifs is 4. The first kappa shape index (κ1) is 39.9. The maximum atomic E-state index is 17.4. The lowest BCUT2D eigenvalue weighted by molar-refractivity contribution is 0.0122. The van der Waals surface area contributed by atoms with Gasteiger partial charge in [0.05, 0.1) is 17.5 Å². The smallest absolute Gasteiger partial charge is 0.410 e. The molecule has 3 atom stereocenters. The number of nitrogens with zero attached hydrogens (tertiary/aromatic N) is 6. The van der Waals surface area contributed by atoms with E-state index in [0.29, 0.717) is 53.1 Å². The van der Waals surface area contributed by atoms with Crippen molar-refractivity contribution in [3.63, 3.8) is 0 Å². The topological polar surface area (TPSA) is 83.9 Å². The number of likely N-dealkylation sites (N-methyl/N-ethyl adjacent to an activating group) is 1. The number of likely N-dealkylation sites (tertiary alicyclic amines) is 1. The van der Waals surface area contributed by atoms with Crippen LogP contribution < -0.4 is 9.64 Å². The molecule has 298 valence electrons. The zero-order valence-electron chi connectivity index (χ0n) is 34.9. The van der Waals surface area contributed by atoms with Gasteiger partial charge < -0.3 is 19.3 Å². The van der Waals surface area contributed by atoms with Crippen LogP contribution in [0.25, 0.3) is 32.9 Å². The van der Waals surface area contributed by atoms with Gasteiger partial charge in [-0.1, -0.05) is 77.8 Å². The second-order valence-electron chi connectivity index (χ2n) is 18.1. The molecule has 2 aromatic carbocycles. The highest BCUT2D eigenvalue weighted by Gasteiger charge is 2.45. The van der Waals surface area contributed by atoms with E-state index in [1.54, 1.807) is 6.20 Å². The number of hydrogen-bond donors (Lipinski definition) is 0. The second-order valence-corrected chi connectivity index (χ2v) is 23.7. The van der Waals surface area contributed by atoms with E-state index >= 15 is 4.39 Å². The quantitative estimate of drug-likeness (QED) is 0.129. The molecular formula is C45H59FN6O3Si. The first-order valence-corrected chi connectivity index (χ1v) is 22.8. The Kier molecular flexibility index (Phi) is 11.1. The van der Waals surface area contributed by atoms with E-state index < -0.39 is 19.5 Å². The predicted octanol–water partition coefficient (Wildman–Crippen LogP) is 9.61. The highest BCUT2D eigenvalue weighted by atomic mass is 28.3. The molecule has 0 radical (unpaired) electrons. The van der Waals surface area contributed by atoms with E-state index in [0.717, 1.165) is 48.6 Å². The number of aromatic nitrogens is 3. The molecule has 0 N–H and O–H groups in total. The molecule has 9 nitrogen and oxygen atoms in total. The summed E-state index contributed by atoms with van der Waals surface area (Å²) in [4.78, 5) is 34.2. The molecule has 3 aliphatic rings. The van der Waals surface area contributed by atoms with Gasteiger partial charge in [-0.2, -0.15) is 9.97 Å². The summed E-state index contributed by atoms with van der Waals surface area (Å²) < 4.78 is 29.5. The predicted molar refractivity (Wildman–Crippen MR) is 226 cm³/mol. The molecule has 1 amide bonds.